The molecule has 28 heavy (non-hydrogen) atoms. The van der Waals surface area contributed by atoms with Gasteiger partial charge in [0.25, 0.3) is 5.91 Å². The molecule has 1 saturated carbocycles. The first-order valence-corrected chi connectivity index (χ1v) is 9.39. The number of nitrogen functional groups attached to an aromatic ring is 1. The number of nitrogens with zero attached hydrogens (tertiary/aromatic N) is 1. The van der Waals surface area contributed by atoms with Gasteiger partial charge in [-0.3, -0.25) is 9.59 Å². The van der Waals surface area contributed by atoms with Crippen LogP contribution in [0.2, 0.25) is 0 Å². The molecule has 0 radical (unpaired) electrons. The van der Waals surface area contributed by atoms with Crippen molar-refractivity contribution in [3.8, 4) is 11.3 Å². The van der Waals surface area contributed by atoms with Gasteiger partial charge in [0.2, 0.25) is 5.91 Å². The van der Waals surface area contributed by atoms with Crippen molar-refractivity contribution in [1.29, 1.82) is 0 Å². The topological polar surface area (TPSA) is 127 Å². The highest BCUT2D eigenvalue weighted by Gasteiger charge is 2.31. The van der Waals surface area contributed by atoms with Crippen LogP contribution in [-0.4, -0.2) is 24.9 Å². The Kier molecular flexibility index (Phi) is 6.08. The van der Waals surface area contributed by atoms with Crippen LogP contribution >= 0.6 is 0 Å². The smallest absolute Gasteiger partial charge is 0.287 e. The number of hydrogen-bond acceptors (Lipinski definition) is 6. The van der Waals surface area contributed by atoms with Crippen molar-refractivity contribution in [3.63, 3.8) is 0 Å². The van der Waals surface area contributed by atoms with Gasteiger partial charge in [0.05, 0.1) is 5.69 Å². The van der Waals surface area contributed by atoms with Gasteiger partial charge in [-0.05, 0) is 54.3 Å². The second-order valence-electron chi connectivity index (χ2n) is 6.99. The van der Waals surface area contributed by atoms with Gasteiger partial charge >= 0.3 is 0 Å². The average Bonchev–Trinajstić information content (AvgIpc) is 3.22. The predicted octanol–water partition coefficient (Wildman–Crippen LogP) is 3.35. The summed E-state index contributed by atoms with van der Waals surface area (Å²) in [5.74, 6) is -0.0337. The Morgan fingerprint density at radius 3 is 2.61 bits per heavy atom. The quantitative estimate of drug-likeness (QED) is 0.520. The van der Waals surface area contributed by atoms with E-state index in [2.05, 4.69) is 15.8 Å². The second kappa shape index (κ2) is 8.69. The zero-order valence-corrected chi connectivity index (χ0v) is 15.7. The fourth-order valence-electron chi connectivity index (χ4n) is 3.62. The fraction of sp³-hybridized carbons (Fsp3) is 0.400. The molecular formula is C20H24N4O4. The Bertz CT molecular complexity index is 871. The predicted molar refractivity (Wildman–Crippen MR) is 106 cm³/mol. The standard InChI is InChI=1S/C20H24N4O4/c1-22-20(26)18(12-5-3-2-4-6-12)23-19(25)17-10-9-16(28-17)13-7-8-14(21)15(11-13)24-27/h7-12,18H,2-6,21H2,1H3,(H,22,26)(H,23,25)/t18-/m0/s1. The van der Waals surface area contributed by atoms with Gasteiger partial charge in [0, 0.05) is 12.6 Å². The molecule has 0 saturated heterocycles. The zero-order chi connectivity index (χ0) is 20.1. The number of nitrogens with one attached hydrogen (secondary N) is 2. The lowest BCUT2D eigenvalue weighted by Crippen LogP contribution is -2.50. The second-order valence-corrected chi connectivity index (χ2v) is 6.99. The molecule has 2 amide bonds. The number of furan rings is 1. The Hall–Kier alpha value is -3.16. The van der Waals surface area contributed by atoms with Crippen molar-refractivity contribution in [2.24, 2.45) is 11.1 Å². The van der Waals surface area contributed by atoms with Crippen molar-refractivity contribution in [3.05, 3.63) is 41.0 Å². The molecule has 4 N–H and O–H groups in total. The summed E-state index contributed by atoms with van der Waals surface area (Å²) in [4.78, 5) is 35.8. The van der Waals surface area contributed by atoms with E-state index in [1.165, 1.54) is 12.1 Å². The molecule has 0 aliphatic heterocycles. The van der Waals surface area contributed by atoms with E-state index in [1.54, 1.807) is 25.2 Å². The van der Waals surface area contributed by atoms with Crippen LogP contribution in [-0.2, 0) is 4.79 Å². The summed E-state index contributed by atoms with van der Waals surface area (Å²) in [6, 6.07) is 7.31. The van der Waals surface area contributed by atoms with E-state index in [9.17, 15) is 14.5 Å². The molecule has 2 aromatic rings. The van der Waals surface area contributed by atoms with Crippen LogP contribution in [0.25, 0.3) is 11.3 Å². The Labute approximate surface area is 162 Å². The molecule has 1 fully saturated rings. The van der Waals surface area contributed by atoms with Crippen molar-refractivity contribution in [2.75, 3.05) is 12.8 Å². The molecule has 1 aliphatic carbocycles. The van der Waals surface area contributed by atoms with Gasteiger partial charge in [0.1, 0.15) is 17.5 Å². The molecule has 1 aromatic carbocycles. The molecule has 0 spiro atoms. The summed E-state index contributed by atoms with van der Waals surface area (Å²) >= 11 is 0. The number of carbonyl (C=O) groups excluding carboxylic acids is 2. The number of carbonyl (C=O) groups is 2. The van der Waals surface area contributed by atoms with Crippen molar-refractivity contribution in [1.82, 2.24) is 10.6 Å². The highest BCUT2D eigenvalue weighted by molar-refractivity contribution is 5.96. The SMILES string of the molecule is CNC(=O)[C@@H](NC(=O)c1ccc(-c2ccc(N)c(N=O)c2)o1)C1CCCCC1. The molecule has 3 rings (SSSR count). The van der Waals surface area contributed by atoms with Crippen molar-refractivity contribution >= 4 is 23.2 Å². The summed E-state index contributed by atoms with van der Waals surface area (Å²) < 4.78 is 5.64. The van der Waals surface area contributed by atoms with Crippen LogP contribution in [0.15, 0.2) is 39.9 Å². The van der Waals surface area contributed by atoms with Gasteiger partial charge in [0.15, 0.2) is 5.76 Å². The number of nitrogens with two attached hydrogens (primary N) is 1. The lowest BCUT2D eigenvalue weighted by atomic mass is 9.83. The van der Waals surface area contributed by atoms with Crippen LogP contribution in [0.1, 0.15) is 42.7 Å². The van der Waals surface area contributed by atoms with Crippen LogP contribution in [0.5, 0.6) is 0 Å². The first kappa shape index (κ1) is 19.6. The van der Waals surface area contributed by atoms with Gasteiger partial charge in [-0.25, -0.2) is 0 Å². The normalized spacial score (nSPS) is 15.6. The molecule has 0 unspecified atom stereocenters. The minimum absolute atomic E-state index is 0.0946. The number of benzene rings is 1. The number of likely N-dealkylation sites (N-methyl/N-ethyl adjacent to an activating group) is 1. The average molecular weight is 384 g/mol. The Morgan fingerprint density at radius 2 is 1.93 bits per heavy atom. The number of nitroso groups, excluding NO2 is 1. The highest BCUT2D eigenvalue weighted by Crippen LogP contribution is 2.31. The third-order valence-corrected chi connectivity index (χ3v) is 5.18. The molecular weight excluding hydrogens is 360 g/mol. The van der Waals surface area contributed by atoms with E-state index in [-0.39, 0.29) is 29.0 Å². The zero-order valence-electron chi connectivity index (χ0n) is 15.7. The summed E-state index contributed by atoms with van der Waals surface area (Å²) in [7, 11) is 1.56. The summed E-state index contributed by atoms with van der Waals surface area (Å²) in [5.41, 5.74) is 6.63. The number of amides is 2. The van der Waals surface area contributed by atoms with E-state index in [0.29, 0.717) is 11.3 Å². The first-order valence-electron chi connectivity index (χ1n) is 9.39. The maximum Gasteiger partial charge on any atom is 0.287 e. The minimum atomic E-state index is -0.589. The Balaban J connectivity index is 1.77. The maximum atomic E-state index is 12.7. The highest BCUT2D eigenvalue weighted by atomic mass is 16.4. The number of anilines is 1. The molecule has 1 aromatic heterocycles. The first-order chi connectivity index (χ1) is 13.5. The minimum Gasteiger partial charge on any atom is -0.451 e. The molecule has 0 bridgehead atoms. The van der Waals surface area contributed by atoms with Crippen molar-refractivity contribution < 1.29 is 14.0 Å². The van der Waals surface area contributed by atoms with E-state index in [1.807, 2.05) is 0 Å². The molecule has 1 atom stereocenters. The van der Waals surface area contributed by atoms with E-state index in [0.717, 1.165) is 32.1 Å². The largest absolute Gasteiger partial charge is 0.451 e. The van der Waals surface area contributed by atoms with Crippen LogP contribution in [0.3, 0.4) is 0 Å². The van der Waals surface area contributed by atoms with E-state index < -0.39 is 11.9 Å². The van der Waals surface area contributed by atoms with E-state index >= 15 is 0 Å². The molecule has 1 aliphatic rings. The summed E-state index contributed by atoms with van der Waals surface area (Å²) in [6.45, 7) is 0. The van der Waals surface area contributed by atoms with Crippen LogP contribution in [0, 0.1) is 10.8 Å². The molecule has 1 heterocycles. The molecule has 8 nitrogen and oxygen atoms in total. The lowest BCUT2D eigenvalue weighted by molar-refractivity contribution is -0.124. The number of rotatable bonds is 6. The van der Waals surface area contributed by atoms with Gasteiger partial charge in [-0.2, -0.15) is 0 Å². The lowest BCUT2D eigenvalue weighted by Gasteiger charge is -2.29. The van der Waals surface area contributed by atoms with Crippen LogP contribution < -0.4 is 16.4 Å². The summed E-state index contributed by atoms with van der Waals surface area (Å²) in [5, 5.41) is 8.33. The third-order valence-electron chi connectivity index (χ3n) is 5.18. The Morgan fingerprint density at radius 1 is 1.18 bits per heavy atom. The fourth-order valence-corrected chi connectivity index (χ4v) is 3.62. The maximum absolute atomic E-state index is 12.7. The third kappa shape index (κ3) is 4.21. The van der Waals surface area contributed by atoms with Gasteiger partial charge in [-0.15, -0.1) is 4.91 Å². The summed E-state index contributed by atoms with van der Waals surface area (Å²) in [6.07, 6.45) is 5.10. The van der Waals surface area contributed by atoms with Crippen LogP contribution in [0.4, 0.5) is 11.4 Å². The molecule has 148 valence electrons. The van der Waals surface area contributed by atoms with Crippen molar-refractivity contribution in [2.45, 2.75) is 38.1 Å². The number of hydrogen-bond donors (Lipinski definition) is 3. The molecule has 8 heteroatoms. The monoisotopic (exact) mass is 384 g/mol. The van der Waals surface area contributed by atoms with Gasteiger partial charge < -0.3 is 20.8 Å². The van der Waals surface area contributed by atoms with E-state index in [4.69, 9.17) is 10.2 Å². The van der Waals surface area contributed by atoms with Gasteiger partial charge in [-0.1, -0.05) is 19.3 Å².